The SMILES string of the molecule is CS(=O)c1ccc(COc2cn[nH]n2)cc1. The van der Waals surface area contributed by atoms with Crippen LogP contribution in [0.1, 0.15) is 5.56 Å². The molecule has 0 bridgehead atoms. The number of benzene rings is 1. The molecule has 2 rings (SSSR count). The van der Waals surface area contributed by atoms with Crippen LogP contribution in [0.4, 0.5) is 0 Å². The molecular weight excluding hydrogens is 226 g/mol. The highest BCUT2D eigenvalue weighted by molar-refractivity contribution is 7.84. The van der Waals surface area contributed by atoms with Crippen molar-refractivity contribution in [1.29, 1.82) is 0 Å². The van der Waals surface area contributed by atoms with Gasteiger partial charge in [0.25, 0.3) is 5.88 Å². The van der Waals surface area contributed by atoms with Crippen LogP contribution in [0.5, 0.6) is 5.88 Å². The standard InChI is InChI=1S/C10H11N3O2S/c1-16(14)9-4-2-8(3-5-9)7-15-10-6-11-13-12-10/h2-6H,7H2,1H3,(H,11,12,13). The molecule has 5 nitrogen and oxygen atoms in total. The van der Waals surface area contributed by atoms with Crippen LogP contribution in [0.15, 0.2) is 35.4 Å². The molecule has 6 heteroatoms. The van der Waals surface area contributed by atoms with E-state index in [2.05, 4.69) is 15.4 Å². The minimum atomic E-state index is -0.939. The highest BCUT2D eigenvalue weighted by Gasteiger charge is 2.00. The van der Waals surface area contributed by atoms with Crippen LogP contribution in [0.2, 0.25) is 0 Å². The minimum absolute atomic E-state index is 0.420. The van der Waals surface area contributed by atoms with E-state index in [0.29, 0.717) is 12.5 Å². The Morgan fingerprint density at radius 3 is 2.69 bits per heavy atom. The third-order valence-corrected chi connectivity index (χ3v) is 2.97. The number of rotatable bonds is 4. The molecule has 1 heterocycles. The fraction of sp³-hybridized carbons (Fsp3) is 0.200. The molecule has 1 N–H and O–H groups in total. The van der Waals surface area contributed by atoms with Crippen LogP contribution in [0.25, 0.3) is 0 Å². The second kappa shape index (κ2) is 4.89. The fourth-order valence-corrected chi connectivity index (χ4v) is 1.71. The van der Waals surface area contributed by atoms with Crippen molar-refractivity contribution in [3.63, 3.8) is 0 Å². The molecule has 0 saturated heterocycles. The molecule has 2 aromatic rings. The third-order valence-electron chi connectivity index (χ3n) is 2.03. The van der Waals surface area contributed by atoms with Crippen molar-refractivity contribution in [3.8, 4) is 5.88 Å². The largest absolute Gasteiger partial charge is 0.471 e. The zero-order chi connectivity index (χ0) is 11.4. The van der Waals surface area contributed by atoms with Crippen LogP contribution in [-0.2, 0) is 17.4 Å². The van der Waals surface area contributed by atoms with E-state index in [-0.39, 0.29) is 0 Å². The monoisotopic (exact) mass is 237 g/mol. The molecule has 1 atom stereocenters. The molecule has 0 fully saturated rings. The molecule has 0 amide bonds. The summed E-state index contributed by atoms with van der Waals surface area (Å²) in [5, 5.41) is 9.87. The molecule has 1 unspecified atom stereocenters. The van der Waals surface area contributed by atoms with Crippen LogP contribution in [-0.4, -0.2) is 25.9 Å². The van der Waals surface area contributed by atoms with Gasteiger partial charge in [-0.3, -0.25) is 4.21 Å². The van der Waals surface area contributed by atoms with Crippen molar-refractivity contribution in [3.05, 3.63) is 36.0 Å². The van der Waals surface area contributed by atoms with E-state index < -0.39 is 10.8 Å². The van der Waals surface area contributed by atoms with Gasteiger partial charge in [0.2, 0.25) is 0 Å². The van der Waals surface area contributed by atoms with Gasteiger partial charge in [-0.25, -0.2) is 0 Å². The van der Waals surface area contributed by atoms with Gasteiger partial charge < -0.3 is 4.74 Å². The highest BCUT2D eigenvalue weighted by atomic mass is 32.2. The number of nitrogens with one attached hydrogen (secondary N) is 1. The Balaban J connectivity index is 1.98. The Hall–Kier alpha value is -1.69. The second-order valence-corrected chi connectivity index (χ2v) is 4.57. The van der Waals surface area contributed by atoms with Gasteiger partial charge in [-0.15, -0.1) is 5.10 Å². The van der Waals surface area contributed by atoms with Gasteiger partial charge >= 0.3 is 0 Å². The quantitative estimate of drug-likeness (QED) is 0.865. The summed E-state index contributed by atoms with van der Waals surface area (Å²) in [5.41, 5.74) is 0.997. The molecule has 0 saturated carbocycles. The van der Waals surface area contributed by atoms with Crippen molar-refractivity contribution in [2.45, 2.75) is 11.5 Å². The topological polar surface area (TPSA) is 67.9 Å². The first-order valence-electron chi connectivity index (χ1n) is 4.66. The summed E-state index contributed by atoms with van der Waals surface area (Å²) in [6.07, 6.45) is 3.16. The lowest BCUT2D eigenvalue weighted by atomic mass is 10.2. The van der Waals surface area contributed by atoms with E-state index in [1.165, 1.54) is 6.20 Å². The first kappa shape index (κ1) is 10.8. The first-order chi connectivity index (χ1) is 7.75. The van der Waals surface area contributed by atoms with Crippen molar-refractivity contribution >= 4 is 10.8 Å². The number of hydrogen-bond donors (Lipinski definition) is 1. The summed E-state index contributed by atoms with van der Waals surface area (Å²) in [7, 11) is -0.939. The minimum Gasteiger partial charge on any atom is -0.471 e. The van der Waals surface area contributed by atoms with Gasteiger partial charge in [0.05, 0.1) is 0 Å². The molecule has 0 aliphatic heterocycles. The Morgan fingerprint density at radius 1 is 1.38 bits per heavy atom. The molecule has 0 aliphatic rings. The molecule has 1 aromatic heterocycles. The fourth-order valence-electron chi connectivity index (χ4n) is 1.20. The summed E-state index contributed by atoms with van der Waals surface area (Å²) in [6, 6.07) is 7.43. The number of ether oxygens (including phenoxy) is 1. The van der Waals surface area contributed by atoms with Crippen LogP contribution < -0.4 is 4.74 Å². The Kier molecular flexibility index (Phi) is 3.31. The summed E-state index contributed by atoms with van der Waals surface area (Å²) < 4.78 is 16.5. The molecule has 0 spiro atoms. The van der Waals surface area contributed by atoms with Crippen molar-refractivity contribution in [1.82, 2.24) is 15.4 Å². The summed E-state index contributed by atoms with van der Waals surface area (Å²) in [4.78, 5) is 0.810. The predicted molar refractivity (Wildman–Crippen MR) is 59.5 cm³/mol. The maximum absolute atomic E-state index is 11.2. The molecule has 16 heavy (non-hydrogen) atoms. The third kappa shape index (κ3) is 2.66. The van der Waals surface area contributed by atoms with Crippen LogP contribution in [0.3, 0.4) is 0 Å². The van der Waals surface area contributed by atoms with Gasteiger partial charge in [0.1, 0.15) is 12.8 Å². The summed E-state index contributed by atoms with van der Waals surface area (Å²) >= 11 is 0. The van der Waals surface area contributed by atoms with Crippen molar-refractivity contribution in [2.24, 2.45) is 0 Å². The summed E-state index contributed by atoms with van der Waals surface area (Å²) in [6.45, 7) is 0.420. The zero-order valence-electron chi connectivity index (χ0n) is 8.71. The van der Waals surface area contributed by atoms with Gasteiger partial charge in [0.15, 0.2) is 0 Å². The van der Waals surface area contributed by atoms with Crippen LogP contribution >= 0.6 is 0 Å². The van der Waals surface area contributed by atoms with E-state index in [1.807, 2.05) is 24.3 Å². The normalized spacial score (nSPS) is 12.3. The molecule has 84 valence electrons. The van der Waals surface area contributed by atoms with Gasteiger partial charge in [-0.05, 0) is 17.7 Å². The second-order valence-electron chi connectivity index (χ2n) is 3.19. The average molecular weight is 237 g/mol. The van der Waals surface area contributed by atoms with Crippen molar-refractivity contribution in [2.75, 3.05) is 6.26 Å². The van der Waals surface area contributed by atoms with Gasteiger partial charge in [-0.1, -0.05) is 12.1 Å². The lowest BCUT2D eigenvalue weighted by Crippen LogP contribution is -1.96. The lowest BCUT2D eigenvalue weighted by molar-refractivity contribution is 0.293. The number of aromatic nitrogens is 3. The van der Waals surface area contributed by atoms with Gasteiger partial charge in [0, 0.05) is 22.0 Å². The van der Waals surface area contributed by atoms with Gasteiger partial charge in [-0.2, -0.15) is 10.3 Å². The Morgan fingerprint density at radius 2 is 2.12 bits per heavy atom. The first-order valence-corrected chi connectivity index (χ1v) is 6.22. The number of nitrogens with zero attached hydrogens (tertiary/aromatic N) is 2. The Bertz CT molecular complexity index is 467. The number of H-pyrrole nitrogens is 1. The Labute approximate surface area is 95.3 Å². The molecule has 0 aliphatic carbocycles. The zero-order valence-corrected chi connectivity index (χ0v) is 9.53. The number of aromatic amines is 1. The molecule has 1 aromatic carbocycles. The van der Waals surface area contributed by atoms with Crippen LogP contribution in [0, 0.1) is 0 Å². The molecular formula is C10H11N3O2S. The van der Waals surface area contributed by atoms with Crippen molar-refractivity contribution < 1.29 is 8.95 Å². The number of hydrogen-bond acceptors (Lipinski definition) is 4. The van der Waals surface area contributed by atoms with E-state index >= 15 is 0 Å². The van der Waals surface area contributed by atoms with E-state index in [9.17, 15) is 4.21 Å². The summed E-state index contributed by atoms with van der Waals surface area (Å²) in [5.74, 6) is 0.461. The smallest absolute Gasteiger partial charge is 0.253 e. The van der Waals surface area contributed by atoms with E-state index in [4.69, 9.17) is 4.74 Å². The predicted octanol–water partition coefficient (Wildman–Crippen LogP) is 1.12. The maximum atomic E-state index is 11.2. The lowest BCUT2D eigenvalue weighted by Gasteiger charge is -2.03. The maximum Gasteiger partial charge on any atom is 0.253 e. The highest BCUT2D eigenvalue weighted by Crippen LogP contribution is 2.10. The van der Waals surface area contributed by atoms with E-state index in [0.717, 1.165) is 10.5 Å². The average Bonchev–Trinajstić information content (AvgIpc) is 2.80. The molecule has 0 radical (unpaired) electrons. The van der Waals surface area contributed by atoms with E-state index in [1.54, 1.807) is 6.26 Å².